The van der Waals surface area contributed by atoms with Crippen LogP contribution in [0.3, 0.4) is 0 Å². The van der Waals surface area contributed by atoms with E-state index in [1.165, 1.54) is 6.92 Å². The molecule has 5 nitrogen and oxygen atoms in total. The predicted molar refractivity (Wildman–Crippen MR) is 57.9 cm³/mol. The molecule has 1 aliphatic rings. The number of para-hydroxylation sites is 1. The van der Waals surface area contributed by atoms with Crippen molar-refractivity contribution in [1.82, 2.24) is 0 Å². The average Bonchev–Trinajstić information content (AvgIpc) is 2.70. The zero-order valence-corrected chi connectivity index (χ0v) is 9.21. The van der Waals surface area contributed by atoms with Crippen LogP contribution < -0.4 is 4.74 Å². The lowest BCUT2D eigenvalue weighted by Crippen LogP contribution is -2.48. The highest BCUT2D eigenvalue weighted by molar-refractivity contribution is 5.98. The Balaban J connectivity index is 2.33. The van der Waals surface area contributed by atoms with Crippen molar-refractivity contribution in [3.8, 4) is 5.75 Å². The fraction of sp³-hybridized carbons (Fsp3) is 0.333. The molecule has 1 atom stereocenters. The van der Waals surface area contributed by atoms with E-state index in [4.69, 9.17) is 14.9 Å². The van der Waals surface area contributed by atoms with Crippen molar-refractivity contribution in [3.63, 3.8) is 0 Å². The minimum absolute atomic E-state index is 0.297. The third-order valence-electron chi connectivity index (χ3n) is 3.18. The van der Waals surface area contributed by atoms with E-state index in [0.717, 1.165) is 5.56 Å². The summed E-state index contributed by atoms with van der Waals surface area (Å²) in [4.78, 5) is 22.3. The smallest absolute Gasteiger partial charge is 0.324 e. The molecule has 0 saturated heterocycles. The van der Waals surface area contributed by atoms with Gasteiger partial charge in [0, 0.05) is 6.42 Å². The number of aliphatic carboxylic acids is 2. The second-order valence-corrected chi connectivity index (χ2v) is 4.23. The second-order valence-electron chi connectivity index (χ2n) is 4.23. The molecule has 0 aliphatic carbocycles. The van der Waals surface area contributed by atoms with Gasteiger partial charge in [0.2, 0.25) is 0 Å². The first-order valence-corrected chi connectivity index (χ1v) is 5.17. The van der Waals surface area contributed by atoms with Gasteiger partial charge < -0.3 is 14.9 Å². The molecule has 0 bridgehead atoms. The van der Waals surface area contributed by atoms with E-state index in [0.29, 0.717) is 12.2 Å². The highest BCUT2D eigenvalue weighted by Crippen LogP contribution is 2.37. The molecule has 1 aliphatic heterocycles. The summed E-state index contributed by atoms with van der Waals surface area (Å²) in [6.07, 6.45) is -0.583. The van der Waals surface area contributed by atoms with Gasteiger partial charge in [0.25, 0.3) is 0 Å². The zero-order valence-electron chi connectivity index (χ0n) is 9.21. The summed E-state index contributed by atoms with van der Waals surface area (Å²) < 4.78 is 5.43. The fourth-order valence-corrected chi connectivity index (χ4v) is 1.87. The summed E-state index contributed by atoms with van der Waals surface area (Å²) in [5.41, 5.74) is -1.09. The van der Waals surface area contributed by atoms with E-state index in [9.17, 15) is 9.59 Å². The largest absolute Gasteiger partial charge is 0.488 e. The maximum Gasteiger partial charge on any atom is 0.324 e. The topological polar surface area (TPSA) is 83.8 Å². The molecule has 0 spiro atoms. The molecule has 0 aromatic heterocycles. The fourth-order valence-electron chi connectivity index (χ4n) is 1.87. The Morgan fingerprint density at radius 1 is 1.29 bits per heavy atom. The van der Waals surface area contributed by atoms with E-state index >= 15 is 0 Å². The van der Waals surface area contributed by atoms with Gasteiger partial charge in [0.15, 0.2) is 5.41 Å². The molecule has 0 fully saturated rings. The summed E-state index contributed by atoms with van der Waals surface area (Å²) >= 11 is 0. The molecule has 0 saturated carbocycles. The molecular formula is C12H12O5. The minimum atomic E-state index is -1.93. The maximum atomic E-state index is 11.1. The van der Waals surface area contributed by atoms with E-state index in [2.05, 4.69) is 0 Å². The zero-order chi connectivity index (χ0) is 12.6. The first-order chi connectivity index (χ1) is 7.96. The van der Waals surface area contributed by atoms with Crippen LogP contribution in [0.1, 0.15) is 12.5 Å². The number of ether oxygens (including phenoxy) is 1. The number of benzene rings is 1. The van der Waals surface area contributed by atoms with Crippen molar-refractivity contribution in [1.29, 1.82) is 0 Å². The van der Waals surface area contributed by atoms with E-state index in [1.54, 1.807) is 18.2 Å². The monoisotopic (exact) mass is 236 g/mol. The average molecular weight is 236 g/mol. The Kier molecular flexibility index (Phi) is 2.53. The predicted octanol–water partition coefficient (Wildman–Crippen LogP) is 1.17. The number of hydrogen-bond acceptors (Lipinski definition) is 3. The van der Waals surface area contributed by atoms with Crippen LogP contribution in [0.4, 0.5) is 0 Å². The van der Waals surface area contributed by atoms with E-state index in [-0.39, 0.29) is 0 Å². The quantitative estimate of drug-likeness (QED) is 0.769. The molecular weight excluding hydrogens is 224 g/mol. The van der Waals surface area contributed by atoms with Gasteiger partial charge in [-0.15, -0.1) is 0 Å². The summed E-state index contributed by atoms with van der Waals surface area (Å²) in [6, 6.07) is 7.09. The van der Waals surface area contributed by atoms with Crippen LogP contribution in [-0.2, 0) is 16.0 Å². The SMILES string of the molecule is CC(C(=O)O)(C(=O)O)C1Cc2ccccc2O1. The number of fused-ring (bicyclic) bond motifs is 1. The highest BCUT2D eigenvalue weighted by Gasteiger charge is 2.52. The van der Waals surface area contributed by atoms with Gasteiger partial charge in [0.1, 0.15) is 11.9 Å². The lowest BCUT2D eigenvalue weighted by Gasteiger charge is -2.25. The molecule has 17 heavy (non-hydrogen) atoms. The lowest BCUT2D eigenvalue weighted by molar-refractivity contribution is -0.169. The molecule has 0 radical (unpaired) electrons. The third-order valence-corrected chi connectivity index (χ3v) is 3.18. The van der Waals surface area contributed by atoms with Crippen LogP contribution in [0.5, 0.6) is 5.75 Å². The third kappa shape index (κ3) is 1.63. The van der Waals surface area contributed by atoms with Crippen LogP contribution in [0.2, 0.25) is 0 Å². The van der Waals surface area contributed by atoms with E-state index < -0.39 is 23.5 Å². The van der Waals surface area contributed by atoms with Crippen molar-refractivity contribution in [2.75, 3.05) is 0 Å². The van der Waals surface area contributed by atoms with Crippen LogP contribution in [-0.4, -0.2) is 28.3 Å². The molecule has 2 N–H and O–H groups in total. The standard InChI is InChI=1S/C12H12O5/c1-12(10(13)14,11(15)16)9-6-7-4-2-3-5-8(7)17-9/h2-5,9H,6H2,1H3,(H,13,14)(H,15,16). The van der Waals surface area contributed by atoms with Crippen LogP contribution in [0.15, 0.2) is 24.3 Å². The molecule has 1 unspecified atom stereocenters. The Morgan fingerprint density at radius 3 is 2.41 bits per heavy atom. The Labute approximate surface area is 97.6 Å². The van der Waals surface area contributed by atoms with Crippen LogP contribution >= 0.6 is 0 Å². The normalized spacial score (nSPS) is 18.3. The van der Waals surface area contributed by atoms with Crippen LogP contribution in [0.25, 0.3) is 0 Å². The van der Waals surface area contributed by atoms with Gasteiger partial charge in [0.05, 0.1) is 0 Å². The van der Waals surface area contributed by atoms with Crippen molar-refractivity contribution in [2.24, 2.45) is 5.41 Å². The number of rotatable bonds is 3. The number of carboxylic acid groups (broad SMARTS) is 2. The Hall–Kier alpha value is -2.04. The summed E-state index contributed by atoms with van der Waals surface area (Å²) in [5.74, 6) is -2.21. The van der Waals surface area contributed by atoms with Crippen molar-refractivity contribution in [3.05, 3.63) is 29.8 Å². The first kappa shape index (κ1) is 11.4. The molecule has 2 rings (SSSR count). The van der Waals surface area contributed by atoms with Gasteiger partial charge in [-0.2, -0.15) is 0 Å². The summed E-state index contributed by atoms with van der Waals surface area (Å²) in [7, 11) is 0. The molecule has 1 heterocycles. The number of carbonyl (C=O) groups is 2. The van der Waals surface area contributed by atoms with Crippen molar-refractivity contribution >= 4 is 11.9 Å². The van der Waals surface area contributed by atoms with Crippen molar-refractivity contribution < 1.29 is 24.5 Å². The van der Waals surface area contributed by atoms with Gasteiger partial charge >= 0.3 is 11.9 Å². The molecule has 0 amide bonds. The maximum absolute atomic E-state index is 11.1. The molecule has 90 valence electrons. The second kappa shape index (κ2) is 3.76. The minimum Gasteiger partial charge on any atom is -0.488 e. The number of hydrogen-bond donors (Lipinski definition) is 2. The first-order valence-electron chi connectivity index (χ1n) is 5.17. The van der Waals surface area contributed by atoms with Crippen molar-refractivity contribution in [2.45, 2.75) is 19.4 Å². The lowest BCUT2D eigenvalue weighted by atomic mass is 9.82. The molecule has 1 aromatic carbocycles. The van der Waals surface area contributed by atoms with Gasteiger partial charge in [-0.05, 0) is 18.6 Å². The Bertz CT molecular complexity index is 441. The van der Waals surface area contributed by atoms with E-state index in [1.807, 2.05) is 6.07 Å². The summed E-state index contributed by atoms with van der Waals surface area (Å²) in [6.45, 7) is 1.17. The molecule has 5 heteroatoms. The highest BCUT2D eigenvalue weighted by atomic mass is 16.5. The number of carboxylic acids is 2. The van der Waals surface area contributed by atoms with Gasteiger partial charge in [-0.3, -0.25) is 9.59 Å². The molecule has 1 aromatic rings. The van der Waals surface area contributed by atoms with Gasteiger partial charge in [-0.1, -0.05) is 18.2 Å². The van der Waals surface area contributed by atoms with Gasteiger partial charge in [-0.25, -0.2) is 0 Å². The Morgan fingerprint density at radius 2 is 1.88 bits per heavy atom. The van der Waals surface area contributed by atoms with Crippen LogP contribution in [0, 0.1) is 5.41 Å². The summed E-state index contributed by atoms with van der Waals surface area (Å²) in [5, 5.41) is 18.2.